The van der Waals surface area contributed by atoms with Gasteiger partial charge in [-0.25, -0.2) is 4.39 Å². The zero-order chi connectivity index (χ0) is 10.6. The second-order valence-electron chi connectivity index (χ2n) is 2.69. The Hall–Kier alpha value is -1.18. The first-order chi connectivity index (χ1) is 6.55. The molecule has 0 aromatic heterocycles. The fourth-order valence-corrected chi connectivity index (χ4v) is 1.35. The minimum atomic E-state index is -3.44. The highest BCUT2D eigenvalue weighted by Crippen LogP contribution is 2.43. The topological polar surface area (TPSA) is 37.3 Å². The standard InChI is InChI=1S/C10H10FO2P/c1-2-14(12,13)8-7-9-5-3-4-6-10(9)11/h2-8H,1H2,(H,12,13). The molecule has 0 radical (unpaired) electrons. The molecule has 1 N–H and O–H groups in total. The van der Waals surface area contributed by atoms with E-state index in [9.17, 15) is 8.96 Å². The molecule has 0 heterocycles. The molecule has 0 fully saturated rings. The van der Waals surface area contributed by atoms with Crippen molar-refractivity contribution in [2.45, 2.75) is 0 Å². The summed E-state index contributed by atoms with van der Waals surface area (Å²) in [6.45, 7) is 3.21. The molecule has 0 amide bonds. The fourth-order valence-electron chi connectivity index (χ4n) is 0.858. The van der Waals surface area contributed by atoms with Crippen LogP contribution in [0.25, 0.3) is 6.08 Å². The Balaban J connectivity index is 2.95. The van der Waals surface area contributed by atoms with Crippen molar-refractivity contribution in [3.63, 3.8) is 0 Å². The van der Waals surface area contributed by atoms with Gasteiger partial charge < -0.3 is 4.89 Å². The van der Waals surface area contributed by atoms with E-state index < -0.39 is 13.2 Å². The highest BCUT2D eigenvalue weighted by atomic mass is 31.2. The molecule has 0 saturated carbocycles. The van der Waals surface area contributed by atoms with Gasteiger partial charge in [0.15, 0.2) is 0 Å². The smallest absolute Gasteiger partial charge is 0.244 e. The minimum Gasteiger partial charge on any atom is -0.339 e. The Bertz CT molecular complexity index is 412. The Kier molecular flexibility index (Phi) is 3.39. The fraction of sp³-hybridized carbons (Fsp3) is 0. The molecule has 14 heavy (non-hydrogen) atoms. The van der Waals surface area contributed by atoms with E-state index in [-0.39, 0.29) is 5.56 Å². The van der Waals surface area contributed by atoms with Crippen molar-refractivity contribution in [2.24, 2.45) is 0 Å². The van der Waals surface area contributed by atoms with Crippen LogP contribution < -0.4 is 0 Å². The van der Waals surface area contributed by atoms with Crippen LogP contribution in [0.5, 0.6) is 0 Å². The molecule has 1 rings (SSSR count). The molecule has 1 aromatic carbocycles. The Morgan fingerprint density at radius 1 is 1.43 bits per heavy atom. The van der Waals surface area contributed by atoms with Crippen molar-refractivity contribution in [1.29, 1.82) is 0 Å². The van der Waals surface area contributed by atoms with Gasteiger partial charge in [-0.1, -0.05) is 24.8 Å². The third-order valence-electron chi connectivity index (χ3n) is 1.63. The van der Waals surface area contributed by atoms with Crippen LogP contribution in [0.4, 0.5) is 4.39 Å². The van der Waals surface area contributed by atoms with Gasteiger partial charge in [-0.3, -0.25) is 4.57 Å². The monoisotopic (exact) mass is 212 g/mol. The molecule has 1 atom stereocenters. The molecule has 2 nitrogen and oxygen atoms in total. The van der Waals surface area contributed by atoms with E-state index in [1.165, 1.54) is 18.2 Å². The molecule has 1 unspecified atom stereocenters. The molecular formula is C10H10FO2P. The van der Waals surface area contributed by atoms with E-state index >= 15 is 0 Å². The van der Waals surface area contributed by atoms with E-state index in [0.29, 0.717) is 0 Å². The van der Waals surface area contributed by atoms with Crippen molar-refractivity contribution in [2.75, 3.05) is 0 Å². The molecule has 0 spiro atoms. The van der Waals surface area contributed by atoms with Gasteiger partial charge in [-0.05, 0) is 18.0 Å². The van der Waals surface area contributed by atoms with E-state index in [0.717, 1.165) is 11.6 Å². The zero-order valence-electron chi connectivity index (χ0n) is 7.43. The van der Waals surface area contributed by atoms with E-state index in [1.807, 2.05) is 0 Å². The molecule has 0 saturated heterocycles. The number of rotatable bonds is 3. The lowest BCUT2D eigenvalue weighted by Gasteiger charge is -1.98. The molecule has 0 aliphatic rings. The van der Waals surface area contributed by atoms with Crippen LogP contribution in [0.15, 0.2) is 42.5 Å². The van der Waals surface area contributed by atoms with E-state index in [2.05, 4.69) is 6.58 Å². The number of benzene rings is 1. The highest BCUT2D eigenvalue weighted by molar-refractivity contribution is 7.64. The van der Waals surface area contributed by atoms with Gasteiger partial charge in [0.05, 0.1) is 0 Å². The predicted octanol–water partition coefficient (Wildman–Crippen LogP) is 3.21. The first kappa shape index (κ1) is 10.9. The third-order valence-corrected chi connectivity index (χ3v) is 2.73. The second-order valence-corrected chi connectivity index (χ2v) is 4.70. The number of hydrogen-bond acceptors (Lipinski definition) is 1. The van der Waals surface area contributed by atoms with Crippen LogP contribution in [0.2, 0.25) is 0 Å². The molecule has 4 heteroatoms. The maximum Gasteiger partial charge on any atom is 0.244 e. The number of halogens is 1. The third kappa shape index (κ3) is 2.95. The van der Waals surface area contributed by atoms with Crippen molar-refractivity contribution in [3.8, 4) is 0 Å². The first-order valence-corrected chi connectivity index (χ1v) is 5.74. The van der Waals surface area contributed by atoms with Crippen LogP contribution >= 0.6 is 7.37 Å². The summed E-state index contributed by atoms with van der Waals surface area (Å²) < 4.78 is 24.1. The number of hydrogen-bond donors (Lipinski definition) is 1. The van der Waals surface area contributed by atoms with Gasteiger partial charge in [0.1, 0.15) is 5.82 Å². The quantitative estimate of drug-likeness (QED) is 0.781. The summed E-state index contributed by atoms with van der Waals surface area (Å²) >= 11 is 0. The summed E-state index contributed by atoms with van der Waals surface area (Å²) in [5, 5.41) is 0. The SMILES string of the molecule is C=CP(=O)(O)C=Cc1ccccc1F. The summed E-state index contributed by atoms with van der Waals surface area (Å²) in [7, 11) is -3.44. The Morgan fingerprint density at radius 2 is 2.07 bits per heavy atom. The molecule has 0 bridgehead atoms. The Morgan fingerprint density at radius 3 is 2.64 bits per heavy atom. The zero-order valence-corrected chi connectivity index (χ0v) is 8.32. The van der Waals surface area contributed by atoms with Gasteiger partial charge >= 0.3 is 0 Å². The average Bonchev–Trinajstić information content (AvgIpc) is 2.17. The van der Waals surface area contributed by atoms with Crippen molar-refractivity contribution in [3.05, 3.63) is 53.9 Å². The molecular weight excluding hydrogens is 202 g/mol. The van der Waals surface area contributed by atoms with Crippen molar-refractivity contribution in [1.82, 2.24) is 0 Å². The van der Waals surface area contributed by atoms with Gasteiger partial charge in [-0.2, -0.15) is 0 Å². The lowest BCUT2D eigenvalue weighted by molar-refractivity contribution is 0.499. The van der Waals surface area contributed by atoms with Crippen LogP contribution in [-0.2, 0) is 4.57 Å². The maximum atomic E-state index is 13.0. The van der Waals surface area contributed by atoms with Crippen LogP contribution in [0.1, 0.15) is 5.56 Å². The van der Waals surface area contributed by atoms with Gasteiger partial charge in [0.2, 0.25) is 7.37 Å². The normalized spacial score (nSPS) is 15.3. The summed E-state index contributed by atoms with van der Waals surface area (Å²) in [4.78, 5) is 9.10. The summed E-state index contributed by atoms with van der Waals surface area (Å²) in [5.41, 5.74) is 0.281. The van der Waals surface area contributed by atoms with Crippen LogP contribution in [0.3, 0.4) is 0 Å². The summed E-state index contributed by atoms with van der Waals surface area (Å²) in [6, 6.07) is 6.02. The van der Waals surface area contributed by atoms with Gasteiger partial charge in [0.25, 0.3) is 0 Å². The highest BCUT2D eigenvalue weighted by Gasteiger charge is 2.06. The van der Waals surface area contributed by atoms with Crippen LogP contribution in [0, 0.1) is 5.82 Å². The molecule has 0 aliphatic carbocycles. The van der Waals surface area contributed by atoms with E-state index in [4.69, 9.17) is 4.89 Å². The first-order valence-electron chi connectivity index (χ1n) is 3.95. The lowest BCUT2D eigenvalue weighted by atomic mass is 10.2. The van der Waals surface area contributed by atoms with Gasteiger partial charge in [-0.15, -0.1) is 0 Å². The summed E-state index contributed by atoms with van der Waals surface area (Å²) in [5.74, 6) is 1.58. The van der Waals surface area contributed by atoms with Crippen molar-refractivity contribution >= 4 is 13.4 Å². The predicted molar refractivity (Wildman–Crippen MR) is 55.5 cm³/mol. The lowest BCUT2D eigenvalue weighted by Crippen LogP contribution is -1.79. The van der Waals surface area contributed by atoms with Crippen LogP contribution in [-0.4, -0.2) is 4.89 Å². The Labute approximate surface area is 81.8 Å². The van der Waals surface area contributed by atoms with Crippen molar-refractivity contribution < 1.29 is 13.8 Å². The minimum absolute atomic E-state index is 0.281. The molecule has 0 aliphatic heterocycles. The van der Waals surface area contributed by atoms with Gasteiger partial charge in [0, 0.05) is 11.4 Å². The summed E-state index contributed by atoms with van der Waals surface area (Å²) in [6.07, 6.45) is 1.28. The molecule has 74 valence electrons. The average molecular weight is 212 g/mol. The van der Waals surface area contributed by atoms with E-state index in [1.54, 1.807) is 12.1 Å². The maximum absolute atomic E-state index is 13.0. The second kappa shape index (κ2) is 4.36. The largest absolute Gasteiger partial charge is 0.339 e. The molecule has 1 aromatic rings.